The van der Waals surface area contributed by atoms with E-state index in [9.17, 15) is 9.59 Å². The number of nitrogens with one attached hydrogen (secondary N) is 1. The molecule has 0 saturated heterocycles. The third-order valence-corrected chi connectivity index (χ3v) is 3.18. The van der Waals surface area contributed by atoms with Crippen LogP contribution in [0.2, 0.25) is 5.02 Å². The first-order valence-electron chi connectivity index (χ1n) is 5.42. The number of anilines is 1. The lowest BCUT2D eigenvalue weighted by Crippen LogP contribution is -2.13. The predicted molar refractivity (Wildman–Crippen MR) is 78.3 cm³/mol. The van der Waals surface area contributed by atoms with E-state index < -0.39 is 11.9 Å². The van der Waals surface area contributed by atoms with Crippen molar-refractivity contribution in [1.82, 2.24) is 4.98 Å². The van der Waals surface area contributed by atoms with Crippen molar-refractivity contribution in [3.05, 3.63) is 57.3 Å². The number of amides is 1. The number of rotatable bonds is 3. The summed E-state index contributed by atoms with van der Waals surface area (Å²) in [6.07, 6.45) is 2.81. The van der Waals surface area contributed by atoms with Gasteiger partial charge in [0, 0.05) is 22.6 Å². The van der Waals surface area contributed by atoms with E-state index in [0.717, 1.165) is 0 Å². The molecule has 0 aliphatic heterocycles. The number of carbonyl (C=O) groups is 2. The summed E-state index contributed by atoms with van der Waals surface area (Å²) in [6, 6.07) is 5.88. The predicted octanol–water partition coefficient (Wildman–Crippen LogP) is 3.45. The Morgan fingerprint density at radius 2 is 2.05 bits per heavy atom. The SMILES string of the molecule is O=C(O)c1cc(Br)cc(NC(=O)c2ccncc2Cl)c1. The van der Waals surface area contributed by atoms with Gasteiger partial charge in [-0.1, -0.05) is 27.5 Å². The second kappa shape index (κ2) is 6.02. The van der Waals surface area contributed by atoms with E-state index in [1.165, 1.54) is 30.6 Å². The van der Waals surface area contributed by atoms with Gasteiger partial charge >= 0.3 is 5.97 Å². The van der Waals surface area contributed by atoms with Crippen molar-refractivity contribution >= 4 is 45.1 Å². The molecule has 5 nitrogen and oxygen atoms in total. The van der Waals surface area contributed by atoms with E-state index in [4.69, 9.17) is 16.7 Å². The first kappa shape index (κ1) is 14.5. The molecule has 1 aromatic heterocycles. The van der Waals surface area contributed by atoms with Gasteiger partial charge in [-0.05, 0) is 24.3 Å². The van der Waals surface area contributed by atoms with E-state index in [2.05, 4.69) is 26.2 Å². The number of carboxylic acid groups (broad SMARTS) is 1. The van der Waals surface area contributed by atoms with Gasteiger partial charge in [-0.15, -0.1) is 0 Å². The normalized spacial score (nSPS) is 10.1. The molecule has 0 saturated carbocycles. The monoisotopic (exact) mass is 354 g/mol. The smallest absolute Gasteiger partial charge is 0.335 e. The Morgan fingerprint density at radius 3 is 2.70 bits per heavy atom. The molecule has 0 aliphatic carbocycles. The molecule has 1 heterocycles. The van der Waals surface area contributed by atoms with Crippen LogP contribution in [0.5, 0.6) is 0 Å². The Hall–Kier alpha value is -1.92. The number of aromatic carboxylic acids is 1. The number of nitrogens with zero attached hydrogens (tertiary/aromatic N) is 1. The van der Waals surface area contributed by atoms with Crippen molar-refractivity contribution in [3.63, 3.8) is 0 Å². The highest BCUT2D eigenvalue weighted by Gasteiger charge is 2.12. The average molecular weight is 356 g/mol. The Kier molecular flexibility index (Phi) is 4.36. The van der Waals surface area contributed by atoms with Gasteiger partial charge in [0.25, 0.3) is 5.91 Å². The van der Waals surface area contributed by atoms with Crippen LogP contribution in [0.15, 0.2) is 41.1 Å². The Morgan fingerprint density at radius 1 is 1.30 bits per heavy atom. The molecule has 0 atom stereocenters. The van der Waals surface area contributed by atoms with Crippen LogP contribution in [0.3, 0.4) is 0 Å². The summed E-state index contributed by atoms with van der Waals surface area (Å²) in [5.41, 5.74) is 0.684. The molecule has 0 unspecified atom stereocenters. The number of hydrogen-bond acceptors (Lipinski definition) is 3. The zero-order chi connectivity index (χ0) is 14.7. The van der Waals surface area contributed by atoms with Gasteiger partial charge in [0.2, 0.25) is 0 Å². The maximum absolute atomic E-state index is 12.0. The van der Waals surface area contributed by atoms with Crippen LogP contribution >= 0.6 is 27.5 Å². The highest BCUT2D eigenvalue weighted by Crippen LogP contribution is 2.21. The molecule has 0 bridgehead atoms. The number of pyridine rings is 1. The quantitative estimate of drug-likeness (QED) is 0.884. The largest absolute Gasteiger partial charge is 0.478 e. The lowest BCUT2D eigenvalue weighted by molar-refractivity contribution is 0.0696. The van der Waals surface area contributed by atoms with Crippen LogP contribution in [-0.2, 0) is 0 Å². The minimum atomic E-state index is -1.08. The first-order chi connectivity index (χ1) is 9.47. The van der Waals surface area contributed by atoms with Crippen molar-refractivity contribution in [1.29, 1.82) is 0 Å². The summed E-state index contributed by atoms with van der Waals surface area (Å²) in [5, 5.41) is 11.8. The lowest BCUT2D eigenvalue weighted by atomic mass is 10.2. The van der Waals surface area contributed by atoms with Gasteiger partial charge in [0.1, 0.15) is 0 Å². The van der Waals surface area contributed by atoms with Crippen LogP contribution in [-0.4, -0.2) is 22.0 Å². The van der Waals surface area contributed by atoms with Crippen LogP contribution < -0.4 is 5.32 Å². The van der Waals surface area contributed by atoms with Crippen molar-refractivity contribution < 1.29 is 14.7 Å². The van der Waals surface area contributed by atoms with Crippen molar-refractivity contribution in [2.75, 3.05) is 5.32 Å². The fraction of sp³-hybridized carbons (Fsp3) is 0. The molecule has 2 N–H and O–H groups in total. The maximum Gasteiger partial charge on any atom is 0.335 e. The molecule has 1 amide bonds. The second-order valence-electron chi connectivity index (χ2n) is 3.84. The van der Waals surface area contributed by atoms with Gasteiger partial charge < -0.3 is 10.4 Å². The van der Waals surface area contributed by atoms with Crippen molar-refractivity contribution in [2.45, 2.75) is 0 Å². The number of benzene rings is 1. The highest BCUT2D eigenvalue weighted by molar-refractivity contribution is 9.10. The van der Waals surface area contributed by atoms with Crippen LogP contribution in [0.25, 0.3) is 0 Å². The zero-order valence-electron chi connectivity index (χ0n) is 9.93. The van der Waals surface area contributed by atoms with Crippen LogP contribution in [0.1, 0.15) is 20.7 Å². The third kappa shape index (κ3) is 3.34. The minimum absolute atomic E-state index is 0.0653. The fourth-order valence-corrected chi connectivity index (χ4v) is 2.24. The summed E-state index contributed by atoms with van der Waals surface area (Å²) < 4.78 is 0.550. The lowest BCUT2D eigenvalue weighted by Gasteiger charge is -2.08. The highest BCUT2D eigenvalue weighted by atomic mass is 79.9. The van der Waals surface area contributed by atoms with Crippen LogP contribution in [0.4, 0.5) is 5.69 Å². The molecule has 102 valence electrons. The molecule has 2 rings (SSSR count). The van der Waals surface area contributed by atoms with Crippen molar-refractivity contribution in [3.8, 4) is 0 Å². The molecule has 0 fully saturated rings. The van der Waals surface area contributed by atoms with Gasteiger partial charge in [-0.3, -0.25) is 9.78 Å². The molecular formula is C13H8BrClN2O3. The van der Waals surface area contributed by atoms with E-state index in [-0.39, 0.29) is 16.1 Å². The summed E-state index contributed by atoms with van der Waals surface area (Å²) in [5.74, 6) is -1.52. The third-order valence-electron chi connectivity index (χ3n) is 2.42. The Labute approximate surface area is 127 Å². The molecule has 0 spiro atoms. The molecule has 7 heteroatoms. The molecule has 0 aliphatic rings. The minimum Gasteiger partial charge on any atom is -0.478 e. The number of carbonyl (C=O) groups excluding carboxylic acids is 1. The summed E-state index contributed by atoms with van der Waals surface area (Å²) in [6.45, 7) is 0. The zero-order valence-corrected chi connectivity index (χ0v) is 12.3. The van der Waals surface area contributed by atoms with Gasteiger partial charge in [0.05, 0.1) is 16.1 Å². The number of aromatic nitrogens is 1. The van der Waals surface area contributed by atoms with Gasteiger partial charge in [0.15, 0.2) is 0 Å². The van der Waals surface area contributed by atoms with E-state index in [0.29, 0.717) is 10.2 Å². The van der Waals surface area contributed by atoms with Crippen LogP contribution in [0, 0.1) is 0 Å². The molecule has 0 radical (unpaired) electrons. The van der Waals surface area contributed by atoms with Gasteiger partial charge in [-0.2, -0.15) is 0 Å². The summed E-state index contributed by atoms with van der Waals surface area (Å²) in [4.78, 5) is 26.8. The molecule has 20 heavy (non-hydrogen) atoms. The van der Waals surface area contributed by atoms with Gasteiger partial charge in [-0.25, -0.2) is 4.79 Å². The number of carboxylic acids is 1. The van der Waals surface area contributed by atoms with E-state index >= 15 is 0 Å². The molecular weight excluding hydrogens is 348 g/mol. The Bertz CT molecular complexity index is 691. The number of hydrogen-bond donors (Lipinski definition) is 2. The topological polar surface area (TPSA) is 79.3 Å². The standard InChI is InChI=1S/C13H8BrClN2O3/c14-8-3-7(13(19)20)4-9(5-8)17-12(18)10-1-2-16-6-11(10)15/h1-6H,(H,17,18)(H,19,20). The average Bonchev–Trinajstić information content (AvgIpc) is 2.38. The second-order valence-corrected chi connectivity index (χ2v) is 5.17. The maximum atomic E-state index is 12.0. The number of halogens is 2. The van der Waals surface area contributed by atoms with E-state index in [1.807, 2.05) is 0 Å². The molecule has 1 aromatic carbocycles. The Balaban J connectivity index is 2.28. The van der Waals surface area contributed by atoms with E-state index in [1.54, 1.807) is 6.07 Å². The molecule has 2 aromatic rings. The summed E-state index contributed by atoms with van der Waals surface area (Å²) in [7, 11) is 0. The van der Waals surface area contributed by atoms with Crippen molar-refractivity contribution in [2.24, 2.45) is 0 Å². The first-order valence-corrected chi connectivity index (χ1v) is 6.59. The fourth-order valence-electron chi connectivity index (χ4n) is 1.54. The summed E-state index contributed by atoms with van der Waals surface area (Å²) >= 11 is 9.06.